The number of hydrogen-bond donors (Lipinski definition) is 1. The molecule has 1 aliphatic rings. The molecule has 0 atom stereocenters. The number of rotatable bonds is 5. The van der Waals surface area contributed by atoms with E-state index in [2.05, 4.69) is 15.5 Å². The van der Waals surface area contributed by atoms with Crippen LogP contribution >= 0.6 is 0 Å². The highest BCUT2D eigenvalue weighted by Crippen LogP contribution is 2.29. The molecule has 0 radical (unpaired) electrons. The molecule has 13 heteroatoms. The number of aryl methyl sites for hydroxylation is 3. The van der Waals surface area contributed by atoms with Gasteiger partial charge in [-0.05, 0) is 32.8 Å². The summed E-state index contributed by atoms with van der Waals surface area (Å²) in [5, 5.41) is 10.9. The van der Waals surface area contributed by atoms with Gasteiger partial charge in [0.15, 0.2) is 6.61 Å². The van der Waals surface area contributed by atoms with Crippen LogP contribution in [0.5, 0.6) is 5.75 Å². The smallest absolute Gasteiger partial charge is 0.422 e. The fourth-order valence-corrected chi connectivity index (χ4v) is 3.85. The number of ether oxygens (including phenoxy) is 1. The number of nitrogens with zero attached hydrogens (tertiary/aromatic N) is 5. The number of aromatic nitrogens is 5. The van der Waals surface area contributed by atoms with Crippen LogP contribution in [0.4, 0.5) is 23.2 Å². The summed E-state index contributed by atoms with van der Waals surface area (Å²) in [6, 6.07) is 1.63. The zero-order chi connectivity index (χ0) is 24.8. The highest BCUT2D eigenvalue weighted by Gasteiger charge is 2.31. The highest BCUT2D eigenvalue weighted by atomic mass is 19.4. The SMILES string of the molecule is Cc1nn(C)c(C)c1NC(=O)c1cc(F)c(-n2nc3n(c2=O)CCCC3)cc1OCC(F)(F)F. The predicted octanol–water partition coefficient (Wildman–Crippen LogP) is 3.05. The maximum atomic E-state index is 15.1. The zero-order valence-electron chi connectivity index (χ0n) is 18.7. The lowest BCUT2D eigenvalue weighted by atomic mass is 10.1. The van der Waals surface area contributed by atoms with E-state index in [0.717, 1.165) is 29.7 Å². The number of carbonyl (C=O) groups is 1. The minimum absolute atomic E-state index is 0.344. The van der Waals surface area contributed by atoms with E-state index in [9.17, 15) is 22.8 Å². The number of benzene rings is 1. The molecule has 1 amide bonds. The van der Waals surface area contributed by atoms with Gasteiger partial charge >= 0.3 is 11.9 Å². The molecule has 1 aliphatic heterocycles. The fourth-order valence-electron chi connectivity index (χ4n) is 3.85. The van der Waals surface area contributed by atoms with Crippen LogP contribution in [0.1, 0.15) is 40.4 Å². The van der Waals surface area contributed by atoms with Gasteiger partial charge in [0.2, 0.25) is 0 Å². The Hall–Kier alpha value is -3.64. The molecule has 9 nitrogen and oxygen atoms in total. The number of halogens is 4. The molecule has 3 aromatic rings. The highest BCUT2D eigenvalue weighted by molar-refractivity contribution is 6.07. The standard InChI is InChI=1S/C21H22F4N6O3/c1-11-18(12(2)29(3)27-11)26-19(32)13-8-14(22)15(9-16(13)34-10-21(23,24)25)31-20(33)30-7-5-4-6-17(30)28-31/h8-9H,4-7,10H2,1-3H3,(H,26,32). The first-order valence-corrected chi connectivity index (χ1v) is 10.5. The van der Waals surface area contributed by atoms with Crippen molar-refractivity contribution in [3.63, 3.8) is 0 Å². The van der Waals surface area contributed by atoms with Crippen LogP contribution in [0.2, 0.25) is 0 Å². The lowest BCUT2D eigenvalue weighted by Gasteiger charge is -2.15. The summed E-state index contributed by atoms with van der Waals surface area (Å²) >= 11 is 0. The lowest BCUT2D eigenvalue weighted by molar-refractivity contribution is -0.153. The van der Waals surface area contributed by atoms with Crippen molar-refractivity contribution in [2.45, 2.75) is 45.8 Å². The third-order valence-electron chi connectivity index (χ3n) is 5.63. The van der Waals surface area contributed by atoms with Gasteiger partial charge in [-0.3, -0.25) is 14.0 Å². The van der Waals surface area contributed by atoms with Crippen molar-refractivity contribution in [2.75, 3.05) is 11.9 Å². The summed E-state index contributed by atoms with van der Waals surface area (Å²) in [6.07, 6.45) is -2.62. The van der Waals surface area contributed by atoms with Crippen molar-refractivity contribution in [3.05, 3.63) is 51.2 Å². The number of anilines is 1. The van der Waals surface area contributed by atoms with Crippen molar-refractivity contribution in [2.24, 2.45) is 7.05 Å². The van der Waals surface area contributed by atoms with Gasteiger partial charge in [0, 0.05) is 26.1 Å². The molecule has 0 bridgehead atoms. The number of fused-ring (bicyclic) bond motifs is 1. The van der Waals surface area contributed by atoms with Crippen molar-refractivity contribution in [3.8, 4) is 11.4 Å². The van der Waals surface area contributed by atoms with Crippen LogP contribution in [-0.2, 0) is 20.0 Å². The molecule has 0 unspecified atom stereocenters. The van der Waals surface area contributed by atoms with Gasteiger partial charge < -0.3 is 10.1 Å². The molecule has 1 N–H and O–H groups in total. The van der Waals surface area contributed by atoms with E-state index in [1.54, 1.807) is 20.9 Å². The van der Waals surface area contributed by atoms with Crippen LogP contribution in [0, 0.1) is 19.7 Å². The normalized spacial score (nSPS) is 13.6. The topological polar surface area (TPSA) is 96.0 Å². The quantitative estimate of drug-likeness (QED) is 0.564. The third kappa shape index (κ3) is 4.41. The molecular formula is C21H22F4N6O3. The van der Waals surface area contributed by atoms with Gasteiger partial charge in [-0.25, -0.2) is 9.18 Å². The molecule has 2 aromatic heterocycles. The number of carbonyl (C=O) groups excluding carboxylic acids is 1. The molecule has 0 aliphatic carbocycles. The third-order valence-corrected chi connectivity index (χ3v) is 5.63. The Morgan fingerprint density at radius 2 is 1.94 bits per heavy atom. The molecular weight excluding hydrogens is 460 g/mol. The molecule has 0 saturated carbocycles. The molecule has 1 aromatic carbocycles. The molecule has 0 fully saturated rings. The van der Waals surface area contributed by atoms with Gasteiger partial charge in [0.05, 0.1) is 22.6 Å². The summed E-state index contributed by atoms with van der Waals surface area (Å²) in [7, 11) is 1.66. The van der Waals surface area contributed by atoms with E-state index in [4.69, 9.17) is 4.74 Å². The predicted molar refractivity (Wildman–Crippen MR) is 113 cm³/mol. The number of nitrogens with one attached hydrogen (secondary N) is 1. The summed E-state index contributed by atoms with van der Waals surface area (Å²) < 4.78 is 62.3. The summed E-state index contributed by atoms with van der Waals surface area (Å²) in [5.41, 5.74) is -0.0836. The van der Waals surface area contributed by atoms with E-state index in [1.807, 2.05) is 0 Å². The lowest BCUT2D eigenvalue weighted by Crippen LogP contribution is -2.27. The molecule has 182 valence electrons. The summed E-state index contributed by atoms with van der Waals surface area (Å²) in [5.74, 6) is -1.99. The van der Waals surface area contributed by atoms with E-state index >= 15 is 4.39 Å². The average molecular weight is 482 g/mol. The maximum absolute atomic E-state index is 15.1. The van der Waals surface area contributed by atoms with E-state index < -0.39 is 47.2 Å². The maximum Gasteiger partial charge on any atom is 0.422 e. The Bertz CT molecular complexity index is 1320. The Morgan fingerprint density at radius 3 is 2.56 bits per heavy atom. The average Bonchev–Trinajstić information content (AvgIpc) is 3.22. The first kappa shape index (κ1) is 23.5. The second kappa shape index (κ2) is 8.61. The zero-order valence-corrected chi connectivity index (χ0v) is 18.7. The molecule has 0 spiro atoms. The van der Waals surface area contributed by atoms with E-state index in [-0.39, 0.29) is 0 Å². The largest absolute Gasteiger partial charge is 0.483 e. The Balaban J connectivity index is 1.77. The number of alkyl halides is 3. The van der Waals surface area contributed by atoms with Gasteiger partial charge in [-0.1, -0.05) is 0 Å². The Kier molecular flexibility index (Phi) is 5.96. The number of amides is 1. The minimum Gasteiger partial charge on any atom is -0.483 e. The molecule has 4 rings (SSSR count). The summed E-state index contributed by atoms with van der Waals surface area (Å²) in [6.45, 7) is 2.03. The fraction of sp³-hybridized carbons (Fsp3) is 0.429. The van der Waals surface area contributed by atoms with Crippen LogP contribution in [-0.4, -0.2) is 42.8 Å². The minimum atomic E-state index is -4.71. The van der Waals surface area contributed by atoms with Crippen molar-refractivity contribution in [1.29, 1.82) is 0 Å². The first-order valence-electron chi connectivity index (χ1n) is 10.5. The molecule has 3 heterocycles. The molecule has 0 saturated heterocycles. The molecule has 34 heavy (non-hydrogen) atoms. The summed E-state index contributed by atoms with van der Waals surface area (Å²) in [4.78, 5) is 25.7. The van der Waals surface area contributed by atoms with Crippen LogP contribution in [0.15, 0.2) is 16.9 Å². The Labute approximate surface area is 190 Å². The van der Waals surface area contributed by atoms with Crippen molar-refractivity contribution >= 4 is 11.6 Å². The van der Waals surface area contributed by atoms with E-state index in [0.29, 0.717) is 35.9 Å². The van der Waals surface area contributed by atoms with Crippen LogP contribution in [0.3, 0.4) is 0 Å². The number of hydrogen-bond acceptors (Lipinski definition) is 5. The van der Waals surface area contributed by atoms with Gasteiger partial charge in [0.1, 0.15) is 23.1 Å². The second-order valence-electron chi connectivity index (χ2n) is 8.05. The van der Waals surface area contributed by atoms with Crippen molar-refractivity contribution in [1.82, 2.24) is 24.1 Å². The van der Waals surface area contributed by atoms with Crippen LogP contribution < -0.4 is 15.7 Å². The monoisotopic (exact) mass is 482 g/mol. The van der Waals surface area contributed by atoms with Crippen molar-refractivity contribution < 1.29 is 27.1 Å². The second-order valence-corrected chi connectivity index (χ2v) is 8.05. The van der Waals surface area contributed by atoms with Gasteiger partial charge in [-0.2, -0.15) is 23.0 Å². The Morgan fingerprint density at radius 1 is 1.21 bits per heavy atom. The van der Waals surface area contributed by atoms with E-state index in [1.165, 1.54) is 9.25 Å². The van der Waals surface area contributed by atoms with Gasteiger partial charge in [0.25, 0.3) is 5.91 Å². The van der Waals surface area contributed by atoms with Gasteiger partial charge in [-0.15, -0.1) is 5.10 Å². The van der Waals surface area contributed by atoms with Crippen LogP contribution in [0.25, 0.3) is 5.69 Å². The first-order chi connectivity index (χ1) is 16.0.